The van der Waals surface area contributed by atoms with Crippen LogP contribution >= 0.6 is 0 Å². The Morgan fingerprint density at radius 2 is 1.88 bits per heavy atom. The average Bonchev–Trinajstić information content (AvgIpc) is 3.34. The fraction of sp³-hybridized carbons (Fsp3) is 0.400. The van der Waals surface area contributed by atoms with E-state index < -0.39 is 9.84 Å². The normalized spacial score (nSPS) is 17.3. The first-order valence-corrected chi connectivity index (χ1v) is 12.7. The molecule has 0 bridgehead atoms. The van der Waals surface area contributed by atoms with Crippen molar-refractivity contribution < 1.29 is 27.1 Å². The zero-order valence-corrected chi connectivity index (χ0v) is 20.2. The number of sulfone groups is 1. The fourth-order valence-electron chi connectivity index (χ4n) is 4.64. The summed E-state index contributed by atoms with van der Waals surface area (Å²) >= 11 is 0. The Bertz CT molecular complexity index is 1290. The molecule has 2 heterocycles. The average molecular weight is 472 g/mol. The van der Waals surface area contributed by atoms with Crippen LogP contribution < -0.4 is 9.47 Å². The number of benzene rings is 2. The first kappa shape index (κ1) is 23.2. The number of amides is 1. The molecule has 0 N–H and O–H groups in total. The molecule has 1 unspecified atom stereocenters. The molecule has 7 nitrogen and oxygen atoms in total. The minimum Gasteiger partial charge on any atom is -0.493 e. The Morgan fingerprint density at radius 1 is 1.12 bits per heavy atom. The summed E-state index contributed by atoms with van der Waals surface area (Å²) in [4.78, 5) is 15.2. The van der Waals surface area contributed by atoms with Gasteiger partial charge in [0.1, 0.15) is 5.58 Å². The van der Waals surface area contributed by atoms with E-state index in [-0.39, 0.29) is 36.4 Å². The minimum atomic E-state index is -3.16. The quantitative estimate of drug-likeness (QED) is 0.521. The molecule has 1 aliphatic rings. The number of carbonyl (C=O) groups is 1. The van der Waals surface area contributed by atoms with Crippen LogP contribution in [0.2, 0.25) is 0 Å². The van der Waals surface area contributed by atoms with E-state index in [4.69, 9.17) is 13.9 Å². The summed E-state index contributed by atoms with van der Waals surface area (Å²) in [6.07, 6.45) is 2.21. The zero-order valence-electron chi connectivity index (χ0n) is 19.4. The number of methoxy groups -OCH3 is 2. The maximum absolute atomic E-state index is 13.5. The van der Waals surface area contributed by atoms with Gasteiger partial charge < -0.3 is 18.8 Å². The molecule has 33 heavy (non-hydrogen) atoms. The fourth-order valence-corrected chi connectivity index (χ4v) is 6.37. The Labute approximate surface area is 194 Å². The smallest absolute Gasteiger partial charge is 0.227 e. The van der Waals surface area contributed by atoms with E-state index in [2.05, 4.69) is 6.07 Å². The van der Waals surface area contributed by atoms with Crippen molar-refractivity contribution in [2.75, 3.05) is 25.7 Å². The number of hydrogen-bond acceptors (Lipinski definition) is 6. The Balaban J connectivity index is 1.65. The zero-order chi connectivity index (χ0) is 23.8. The number of aryl methyl sites for hydroxylation is 2. The van der Waals surface area contributed by atoms with Gasteiger partial charge in [0.2, 0.25) is 5.91 Å². The molecule has 1 atom stereocenters. The van der Waals surface area contributed by atoms with E-state index in [9.17, 15) is 13.2 Å². The van der Waals surface area contributed by atoms with Crippen molar-refractivity contribution in [1.29, 1.82) is 0 Å². The van der Waals surface area contributed by atoms with Crippen molar-refractivity contribution in [3.05, 3.63) is 58.8 Å². The third-order valence-corrected chi connectivity index (χ3v) is 7.96. The van der Waals surface area contributed by atoms with Crippen molar-refractivity contribution in [1.82, 2.24) is 4.90 Å². The highest BCUT2D eigenvalue weighted by molar-refractivity contribution is 7.91. The highest BCUT2D eigenvalue weighted by Crippen LogP contribution is 2.31. The second-order valence-electron chi connectivity index (χ2n) is 8.66. The molecular formula is C25H29NO6S. The summed E-state index contributed by atoms with van der Waals surface area (Å²) in [5.41, 5.74) is 4.56. The number of ether oxygens (including phenoxy) is 2. The maximum Gasteiger partial charge on any atom is 0.227 e. The summed E-state index contributed by atoms with van der Waals surface area (Å²) in [5.74, 6) is 1.11. The molecule has 1 saturated heterocycles. The number of carbonyl (C=O) groups excluding carboxylic acids is 1. The second-order valence-corrected chi connectivity index (χ2v) is 10.9. The molecule has 0 saturated carbocycles. The molecule has 1 aromatic heterocycles. The van der Waals surface area contributed by atoms with E-state index in [0.717, 1.165) is 33.2 Å². The van der Waals surface area contributed by atoms with Gasteiger partial charge in [0, 0.05) is 23.5 Å². The van der Waals surface area contributed by atoms with Crippen LogP contribution in [0.4, 0.5) is 0 Å². The van der Waals surface area contributed by atoms with Crippen LogP contribution in [0.25, 0.3) is 11.0 Å². The van der Waals surface area contributed by atoms with E-state index >= 15 is 0 Å². The van der Waals surface area contributed by atoms with Crippen molar-refractivity contribution in [2.45, 2.75) is 39.3 Å². The number of furan rings is 1. The highest BCUT2D eigenvalue weighted by atomic mass is 32.2. The summed E-state index contributed by atoms with van der Waals surface area (Å²) in [6, 6.07) is 9.14. The third kappa shape index (κ3) is 4.85. The molecule has 1 amide bonds. The van der Waals surface area contributed by atoms with E-state index in [1.165, 1.54) is 0 Å². The van der Waals surface area contributed by atoms with Crippen LogP contribution in [0.3, 0.4) is 0 Å². The second kappa shape index (κ2) is 9.09. The number of fused-ring (bicyclic) bond motifs is 1. The lowest BCUT2D eigenvalue weighted by atomic mass is 10.0. The van der Waals surface area contributed by atoms with Crippen LogP contribution in [0.15, 0.2) is 41.0 Å². The van der Waals surface area contributed by atoms with E-state index in [0.29, 0.717) is 17.9 Å². The van der Waals surface area contributed by atoms with Gasteiger partial charge in [-0.3, -0.25) is 4.79 Å². The monoisotopic (exact) mass is 471 g/mol. The van der Waals surface area contributed by atoms with Gasteiger partial charge in [-0.15, -0.1) is 0 Å². The lowest BCUT2D eigenvalue weighted by molar-refractivity contribution is -0.133. The van der Waals surface area contributed by atoms with Crippen LogP contribution in [-0.2, 0) is 27.6 Å². The Hall–Kier alpha value is -3.00. The molecule has 1 aliphatic heterocycles. The first-order valence-electron chi connectivity index (χ1n) is 10.9. The molecule has 0 spiro atoms. The van der Waals surface area contributed by atoms with Gasteiger partial charge in [-0.2, -0.15) is 0 Å². The van der Waals surface area contributed by atoms with Gasteiger partial charge in [-0.1, -0.05) is 12.1 Å². The number of nitrogens with zero attached hydrogens (tertiary/aromatic N) is 1. The summed E-state index contributed by atoms with van der Waals surface area (Å²) in [5, 5.41) is 0.944. The van der Waals surface area contributed by atoms with Crippen molar-refractivity contribution >= 4 is 26.7 Å². The van der Waals surface area contributed by atoms with Crippen molar-refractivity contribution in [2.24, 2.45) is 0 Å². The number of hydrogen-bond donors (Lipinski definition) is 0. The summed E-state index contributed by atoms with van der Waals surface area (Å²) < 4.78 is 40.8. The van der Waals surface area contributed by atoms with Gasteiger partial charge in [-0.25, -0.2) is 8.42 Å². The molecule has 176 valence electrons. The van der Waals surface area contributed by atoms with Gasteiger partial charge in [-0.05, 0) is 55.2 Å². The molecule has 0 aliphatic carbocycles. The molecule has 0 radical (unpaired) electrons. The van der Waals surface area contributed by atoms with E-state index in [1.807, 2.05) is 32.0 Å². The topological polar surface area (TPSA) is 86.0 Å². The van der Waals surface area contributed by atoms with Crippen LogP contribution in [-0.4, -0.2) is 51.0 Å². The van der Waals surface area contributed by atoms with Gasteiger partial charge in [0.15, 0.2) is 21.3 Å². The molecule has 1 fully saturated rings. The van der Waals surface area contributed by atoms with Gasteiger partial charge in [0.25, 0.3) is 0 Å². The molecule has 2 aromatic carbocycles. The van der Waals surface area contributed by atoms with Gasteiger partial charge in [0.05, 0.1) is 38.4 Å². The first-order chi connectivity index (χ1) is 15.7. The number of rotatable bonds is 7. The predicted octanol–water partition coefficient (Wildman–Crippen LogP) is 3.83. The summed E-state index contributed by atoms with van der Waals surface area (Å²) in [7, 11) is -0.0324. The van der Waals surface area contributed by atoms with Crippen molar-refractivity contribution in [3.63, 3.8) is 0 Å². The minimum absolute atomic E-state index is 0.0175. The highest BCUT2D eigenvalue weighted by Gasteiger charge is 2.35. The standard InChI is InChI=1S/C25H29NO6S/c1-16-9-17(2)25-19(14-32-23(25)10-16)12-24(27)26(20-7-8-33(28,29)15-20)13-18-5-6-21(30-3)22(11-18)31-4/h5-6,9-11,14,20H,7-8,12-13,15H2,1-4H3. The van der Waals surface area contributed by atoms with E-state index in [1.54, 1.807) is 31.4 Å². The van der Waals surface area contributed by atoms with Crippen LogP contribution in [0.1, 0.15) is 28.7 Å². The lowest BCUT2D eigenvalue weighted by Gasteiger charge is -2.29. The third-order valence-electron chi connectivity index (χ3n) is 6.21. The maximum atomic E-state index is 13.5. The lowest BCUT2D eigenvalue weighted by Crippen LogP contribution is -2.41. The Kier molecular flexibility index (Phi) is 6.38. The van der Waals surface area contributed by atoms with Crippen LogP contribution in [0.5, 0.6) is 11.5 Å². The van der Waals surface area contributed by atoms with Crippen molar-refractivity contribution in [3.8, 4) is 11.5 Å². The molecular weight excluding hydrogens is 442 g/mol. The Morgan fingerprint density at radius 3 is 2.55 bits per heavy atom. The molecule has 4 rings (SSSR count). The molecule has 3 aromatic rings. The van der Waals surface area contributed by atoms with Gasteiger partial charge >= 0.3 is 0 Å². The molecule has 8 heteroatoms. The SMILES string of the molecule is COc1ccc(CN(C(=O)Cc2coc3cc(C)cc(C)c23)C2CCS(=O)(=O)C2)cc1OC. The summed E-state index contributed by atoms with van der Waals surface area (Å²) in [6.45, 7) is 4.29. The largest absolute Gasteiger partial charge is 0.493 e. The van der Waals surface area contributed by atoms with Crippen LogP contribution in [0, 0.1) is 13.8 Å². The predicted molar refractivity (Wildman–Crippen MR) is 127 cm³/mol.